The van der Waals surface area contributed by atoms with E-state index in [9.17, 15) is 13.6 Å². The molecule has 0 aromatic heterocycles. The molecule has 27 heavy (non-hydrogen) atoms. The maximum atomic E-state index is 14.0. The molecule has 4 nitrogen and oxygen atoms in total. The molecule has 0 atom stereocenters. The summed E-state index contributed by atoms with van der Waals surface area (Å²) in [5.41, 5.74) is 1.76. The van der Waals surface area contributed by atoms with Crippen molar-refractivity contribution in [3.63, 3.8) is 0 Å². The maximum absolute atomic E-state index is 14.0. The van der Waals surface area contributed by atoms with Gasteiger partial charge in [-0.25, -0.2) is 8.78 Å². The van der Waals surface area contributed by atoms with Crippen molar-refractivity contribution in [3.8, 4) is 5.75 Å². The zero-order valence-electron chi connectivity index (χ0n) is 15.7. The topological polar surface area (TPSA) is 32.8 Å². The minimum absolute atomic E-state index is 0.252. The van der Waals surface area contributed by atoms with Crippen LogP contribution in [0.2, 0.25) is 0 Å². The van der Waals surface area contributed by atoms with E-state index < -0.39 is 17.5 Å². The SMILES string of the molecule is CCN(CC)Cc1ccc2c(c1)CN(C(=O)c1cc(F)ccc1F)CCO2. The first-order valence-corrected chi connectivity index (χ1v) is 9.23. The van der Waals surface area contributed by atoms with Crippen LogP contribution in [0.1, 0.15) is 35.3 Å². The third-order valence-electron chi connectivity index (χ3n) is 4.85. The van der Waals surface area contributed by atoms with E-state index in [0.717, 1.165) is 54.7 Å². The molecule has 0 aliphatic carbocycles. The highest BCUT2D eigenvalue weighted by Crippen LogP contribution is 2.26. The summed E-state index contributed by atoms with van der Waals surface area (Å²) in [6, 6.07) is 8.91. The van der Waals surface area contributed by atoms with E-state index in [4.69, 9.17) is 4.74 Å². The van der Waals surface area contributed by atoms with Crippen molar-refractivity contribution in [1.82, 2.24) is 9.80 Å². The first-order valence-electron chi connectivity index (χ1n) is 9.23. The summed E-state index contributed by atoms with van der Waals surface area (Å²) in [6.45, 7) is 7.87. The smallest absolute Gasteiger partial charge is 0.257 e. The molecule has 0 saturated carbocycles. The number of carbonyl (C=O) groups is 1. The number of halogens is 2. The number of carbonyl (C=O) groups excluding carboxylic acids is 1. The van der Waals surface area contributed by atoms with Crippen LogP contribution in [0.25, 0.3) is 0 Å². The minimum atomic E-state index is -0.720. The van der Waals surface area contributed by atoms with E-state index in [2.05, 4.69) is 18.7 Å². The van der Waals surface area contributed by atoms with Gasteiger partial charge in [-0.05, 0) is 49.0 Å². The second kappa shape index (κ2) is 8.48. The molecular weight excluding hydrogens is 350 g/mol. The Morgan fingerprint density at radius 2 is 1.93 bits per heavy atom. The molecule has 0 spiro atoms. The molecule has 2 aromatic rings. The first-order chi connectivity index (χ1) is 13.0. The third kappa shape index (κ3) is 4.45. The fourth-order valence-electron chi connectivity index (χ4n) is 3.26. The Morgan fingerprint density at radius 3 is 2.67 bits per heavy atom. The summed E-state index contributed by atoms with van der Waals surface area (Å²) in [4.78, 5) is 16.5. The van der Waals surface area contributed by atoms with Gasteiger partial charge in [0.2, 0.25) is 0 Å². The number of benzene rings is 2. The van der Waals surface area contributed by atoms with Gasteiger partial charge in [0.15, 0.2) is 0 Å². The van der Waals surface area contributed by atoms with Crippen molar-refractivity contribution in [2.75, 3.05) is 26.2 Å². The normalized spacial score (nSPS) is 13.9. The third-order valence-corrected chi connectivity index (χ3v) is 4.85. The molecule has 6 heteroatoms. The molecular formula is C21H24F2N2O2. The summed E-state index contributed by atoms with van der Waals surface area (Å²) in [5.74, 6) is -1.15. The minimum Gasteiger partial charge on any atom is -0.491 e. The molecule has 1 aliphatic rings. The van der Waals surface area contributed by atoms with Crippen molar-refractivity contribution in [2.45, 2.75) is 26.9 Å². The Morgan fingerprint density at radius 1 is 1.15 bits per heavy atom. The van der Waals surface area contributed by atoms with Crippen LogP contribution in [0.15, 0.2) is 36.4 Å². The van der Waals surface area contributed by atoms with Crippen LogP contribution in [0.3, 0.4) is 0 Å². The van der Waals surface area contributed by atoms with Gasteiger partial charge in [-0.1, -0.05) is 19.9 Å². The number of nitrogens with zero attached hydrogens (tertiary/aromatic N) is 2. The Balaban J connectivity index is 1.84. The Kier molecular flexibility index (Phi) is 6.06. The first kappa shape index (κ1) is 19.3. The van der Waals surface area contributed by atoms with Crippen LogP contribution in [0.5, 0.6) is 5.75 Å². The van der Waals surface area contributed by atoms with E-state index in [-0.39, 0.29) is 5.56 Å². The van der Waals surface area contributed by atoms with Crippen molar-refractivity contribution < 1.29 is 18.3 Å². The molecule has 0 saturated heterocycles. The average Bonchev–Trinajstić information content (AvgIpc) is 2.89. The molecule has 144 valence electrons. The zero-order valence-corrected chi connectivity index (χ0v) is 15.7. The van der Waals surface area contributed by atoms with Crippen molar-refractivity contribution in [1.29, 1.82) is 0 Å². The lowest BCUT2D eigenvalue weighted by atomic mass is 10.1. The van der Waals surface area contributed by atoms with E-state index in [1.165, 1.54) is 4.90 Å². The number of amides is 1. The molecule has 0 fully saturated rings. The molecule has 0 N–H and O–H groups in total. The highest BCUT2D eigenvalue weighted by atomic mass is 19.1. The Labute approximate surface area is 158 Å². The van der Waals surface area contributed by atoms with Crippen LogP contribution in [-0.2, 0) is 13.1 Å². The van der Waals surface area contributed by atoms with Crippen LogP contribution in [0.4, 0.5) is 8.78 Å². The summed E-state index contributed by atoms with van der Waals surface area (Å²) in [7, 11) is 0. The van der Waals surface area contributed by atoms with Crippen LogP contribution >= 0.6 is 0 Å². The summed E-state index contributed by atoms with van der Waals surface area (Å²) in [5, 5.41) is 0. The van der Waals surface area contributed by atoms with Crippen LogP contribution < -0.4 is 4.74 Å². The van der Waals surface area contributed by atoms with Crippen LogP contribution in [-0.4, -0.2) is 41.9 Å². The molecule has 0 unspecified atom stereocenters. The molecule has 0 bridgehead atoms. The standard InChI is InChI=1S/C21H24F2N2O2/c1-3-24(4-2)13-15-5-8-20-16(11-15)14-25(9-10-27-20)21(26)18-12-17(22)6-7-19(18)23/h5-8,11-12H,3-4,9-10,13-14H2,1-2H3. The predicted octanol–water partition coefficient (Wildman–Crippen LogP) is 3.84. The number of fused-ring (bicyclic) bond motifs is 1. The number of hydrogen-bond donors (Lipinski definition) is 0. The van der Waals surface area contributed by atoms with Gasteiger partial charge in [0.1, 0.15) is 24.0 Å². The lowest BCUT2D eigenvalue weighted by Crippen LogP contribution is -2.33. The quantitative estimate of drug-likeness (QED) is 0.797. The lowest BCUT2D eigenvalue weighted by Gasteiger charge is -2.21. The largest absolute Gasteiger partial charge is 0.491 e. The lowest BCUT2D eigenvalue weighted by molar-refractivity contribution is 0.0728. The van der Waals surface area contributed by atoms with Gasteiger partial charge in [0.25, 0.3) is 5.91 Å². The van der Waals surface area contributed by atoms with Crippen molar-refractivity contribution in [3.05, 3.63) is 64.7 Å². The molecule has 0 radical (unpaired) electrons. The van der Waals surface area contributed by atoms with Crippen molar-refractivity contribution in [2.24, 2.45) is 0 Å². The highest BCUT2D eigenvalue weighted by molar-refractivity contribution is 5.94. The summed E-state index contributed by atoms with van der Waals surface area (Å²) in [6.07, 6.45) is 0. The molecule has 1 heterocycles. The van der Waals surface area contributed by atoms with Crippen LogP contribution in [0, 0.1) is 11.6 Å². The molecule has 1 aliphatic heterocycles. The highest BCUT2D eigenvalue weighted by Gasteiger charge is 2.24. The number of rotatable bonds is 5. The van der Waals surface area contributed by atoms with E-state index in [1.807, 2.05) is 18.2 Å². The average molecular weight is 374 g/mol. The van der Waals surface area contributed by atoms with E-state index in [0.29, 0.717) is 19.7 Å². The van der Waals surface area contributed by atoms with E-state index in [1.54, 1.807) is 0 Å². The van der Waals surface area contributed by atoms with Gasteiger partial charge in [-0.15, -0.1) is 0 Å². The van der Waals surface area contributed by atoms with Gasteiger partial charge in [0.05, 0.1) is 12.1 Å². The van der Waals surface area contributed by atoms with E-state index >= 15 is 0 Å². The van der Waals surface area contributed by atoms with Gasteiger partial charge in [0, 0.05) is 18.7 Å². The molecule has 1 amide bonds. The second-order valence-corrected chi connectivity index (χ2v) is 6.60. The predicted molar refractivity (Wildman–Crippen MR) is 99.7 cm³/mol. The Bertz CT molecular complexity index is 822. The number of ether oxygens (including phenoxy) is 1. The van der Waals surface area contributed by atoms with Gasteiger partial charge >= 0.3 is 0 Å². The van der Waals surface area contributed by atoms with Gasteiger partial charge < -0.3 is 9.64 Å². The maximum Gasteiger partial charge on any atom is 0.257 e. The molecule has 3 rings (SSSR count). The summed E-state index contributed by atoms with van der Waals surface area (Å²) >= 11 is 0. The summed E-state index contributed by atoms with van der Waals surface area (Å²) < 4.78 is 33.2. The van der Waals surface area contributed by atoms with Crippen molar-refractivity contribution >= 4 is 5.91 Å². The number of hydrogen-bond acceptors (Lipinski definition) is 3. The van der Waals surface area contributed by atoms with Gasteiger partial charge in [-0.3, -0.25) is 9.69 Å². The molecule has 2 aromatic carbocycles. The second-order valence-electron chi connectivity index (χ2n) is 6.60. The fourth-order valence-corrected chi connectivity index (χ4v) is 3.26. The van der Waals surface area contributed by atoms with Gasteiger partial charge in [-0.2, -0.15) is 0 Å². The fraction of sp³-hybridized carbons (Fsp3) is 0.381. The Hall–Kier alpha value is -2.47. The monoisotopic (exact) mass is 374 g/mol. The zero-order chi connectivity index (χ0) is 19.4.